The third-order valence-corrected chi connectivity index (χ3v) is 2.74. The third-order valence-electron chi connectivity index (χ3n) is 2.74. The van der Waals surface area contributed by atoms with Gasteiger partial charge in [0.25, 0.3) is 0 Å². The molecule has 4 heteroatoms. The summed E-state index contributed by atoms with van der Waals surface area (Å²) in [5.41, 5.74) is 3.12. The Morgan fingerprint density at radius 3 is 2.53 bits per heavy atom. The van der Waals surface area contributed by atoms with E-state index in [2.05, 4.69) is 34.3 Å². The van der Waals surface area contributed by atoms with E-state index in [1.165, 1.54) is 5.56 Å². The van der Waals surface area contributed by atoms with E-state index in [0.717, 1.165) is 29.4 Å². The van der Waals surface area contributed by atoms with E-state index < -0.39 is 0 Å². The van der Waals surface area contributed by atoms with Crippen LogP contribution in [0.15, 0.2) is 30.3 Å². The highest BCUT2D eigenvalue weighted by atomic mass is 16.5. The van der Waals surface area contributed by atoms with Gasteiger partial charge in [0.2, 0.25) is 0 Å². The molecule has 19 heavy (non-hydrogen) atoms. The van der Waals surface area contributed by atoms with E-state index >= 15 is 0 Å². The Bertz CT molecular complexity index is 513. The lowest BCUT2D eigenvalue weighted by Crippen LogP contribution is -2.04. The van der Waals surface area contributed by atoms with Gasteiger partial charge in [0.1, 0.15) is 5.82 Å². The third kappa shape index (κ3) is 3.51. The highest BCUT2D eigenvalue weighted by molar-refractivity contribution is 5.58. The van der Waals surface area contributed by atoms with E-state index in [-0.39, 0.29) is 0 Å². The second-order valence-corrected chi connectivity index (χ2v) is 4.40. The Hall–Kier alpha value is -1.94. The molecule has 100 valence electrons. The molecule has 1 heterocycles. The summed E-state index contributed by atoms with van der Waals surface area (Å²) in [6.45, 7) is 5.43. The standard InChI is InChI=1S/C15H19N3O/c1-4-16-14-9-13(10-19-3)17-15(18-14)12-7-5-11(2)6-8-12/h5-9H,4,10H2,1-3H3,(H,16,17,18). The zero-order valence-electron chi connectivity index (χ0n) is 11.6. The van der Waals surface area contributed by atoms with E-state index in [0.29, 0.717) is 6.61 Å². The maximum Gasteiger partial charge on any atom is 0.161 e. The van der Waals surface area contributed by atoms with Gasteiger partial charge < -0.3 is 10.1 Å². The van der Waals surface area contributed by atoms with Crippen molar-refractivity contribution in [2.75, 3.05) is 19.0 Å². The number of ether oxygens (including phenoxy) is 1. The summed E-state index contributed by atoms with van der Waals surface area (Å²) < 4.78 is 5.15. The topological polar surface area (TPSA) is 47.0 Å². The lowest BCUT2D eigenvalue weighted by Gasteiger charge is -2.09. The minimum Gasteiger partial charge on any atom is -0.378 e. The SMILES string of the molecule is CCNc1cc(COC)nc(-c2ccc(C)cc2)n1. The van der Waals surface area contributed by atoms with Crippen molar-refractivity contribution in [1.29, 1.82) is 0 Å². The molecule has 0 unspecified atom stereocenters. The molecule has 0 saturated carbocycles. The second kappa shape index (κ2) is 6.29. The number of aromatic nitrogens is 2. The molecular weight excluding hydrogens is 238 g/mol. The Labute approximate surface area is 113 Å². The fraction of sp³-hybridized carbons (Fsp3) is 0.333. The van der Waals surface area contributed by atoms with E-state index in [4.69, 9.17) is 4.74 Å². The van der Waals surface area contributed by atoms with Gasteiger partial charge in [-0.15, -0.1) is 0 Å². The van der Waals surface area contributed by atoms with Crippen molar-refractivity contribution in [2.45, 2.75) is 20.5 Å². The summed E-state index contributed by atoms with van der Waals surface area (Å²) in [4.78, 5) is 9.06. The summed E-state index contributed by atoms with van der Waals surface area (Å²) in [6.07, 6.45) is 0. The van der Waals surface area contributed by atoms with Gasteiger partial charge in [-0.05, 0) is 13.8 Å². The first-order valence-electron chi connectivity index (χ1n) is 6.40. The number of hydrogen-bond donors (Lipinski definition) is 1. The average Bonchev–Trinajstić information content (AvgIpc) is 2.40. The van der Waals surface area contributed by atoms with Crippen molar-refractivity contribution >= 4 is 5.82 Å². The molecule has 2 aromatic rings. The number of aryl methyl sites for hydroxylation is 1. The summed E-state index contributed by atoms with van der Waals surface area (Å²) in [7, 11) is 1.67. The molecule has 0 radical (unpaired) electrons. The molecule has 1 aromatic carbocycles. The van der Waals surface area contributed by atoms with Gasteiger partial charge in [0, 0.05) is 25.3 Å². The van der Waals surface area contributed by atoms with Crippen molar-refractivity contribution in [1.82, 2.24) is 9.97 Å². The molecule has 0 bridgehead atoms. The summed E-state index contributed by atoms with van der Waals surface area (Å²) >= 11 is 0. The molecule has 0 aliphatic rings. The number of nitrogens with zero attached hydrogens (tertiary/aromatic N) is 2. The number of methoxy groups -OCH3 is 1. The molecule has 0 amide bonds. The van der Waals surface area contributed by atoms with Crippen molar-refractivity contribution in [3.05, 3.63) is 41.6 Å². The van der Waals surface area contributed by atoms with Gasteiger partial charge in [0.15, 0.2) is 5.82 Å². The van der Waals surface area contributed by atoms with Gasteiger partial charge >= 0.3 is 0 Å². The maximum atomic E-state index is 5.15. The highest BCUT2D eigenvalue weighted by Crippen LogP contribution is 2.19. The Morgan fingerprint density at radius 2 is 1.89 bits per heavy atom. The fourth-order valence-corrected chi connectivity index (χ4v) is 1.82. The zero-order valence-corrected chi connectivity index (χ0v) is 11.6. The molecule has 4 nitrogen and oxygen atoms in total. The van der Waals surface area contributed by atoms with Crippen LogP contribution in [0.1, 0.15) is 18.2 Å². The van der Waals surface area contributed by atoms with Crippen LogP contribution in [0, 0.1) is 6.92 Å². The van der Waals surface area contributed by atoms with Crippen LogP contribution in [-0.2, 0) is 11.3 Å². The molecular formula is C15H19N3O. The lowest BCUT2D eigenvalue weighted by molar-refractivity contribution is 0.181. The van der Waals surface area contributed by atoms with Gasteiger partial charge in [-0.1, -0.05) is 29.8 Å². The number of benzene rings is 1. The largest absolute Gasteiger partial charge is 0.378 e. The molecule has 0 atom stereocenters. The van der Waals surface area contributed by atoms with Gasteiger partial charge in [-0.25, -0.2) is 9.97 Å². The van der Waals surface area contributed by atoms with Crippen LogP contribution in [0.2, 0.25) is 0 Å². The van der Waals surface area contributed by atoms with Gasteiger partial charge in [-0.2, -0.15) is 0 Å². The maximum absolute atomic E-state index is 5.15. The highest BCUT2D eigenvalue weighted by Gasteiger charge is 2.06. The van der Waals surface area contributed by atoms with Crippen LogP contribution in [0.4, 0.5) is 5.82 Å². The molecule has 0 spiro atoms. The van der Waals surface area contributed by atoms with Gasteiger partial charge in [-0.3, -0.25) is 0 Å². The predicted molar refractivity (Wildman–Crippen MR) is 77.1 cm³/mol. The summed E-state index contributed by atoms with van der Waals surface area (Å²) in [5.74, 6) is 1.56. The Balaban J connectivity index is 2.40. The summed E-state index contributed by atoms with van der Waals surface area (Å²) in [5, 5.41) is 3.22. The minimum absolute atomic E-state index is 0.486. The van der Waals surface area contributed by atoms with E-state index in [1.54, 1.807) is 7.11 Å². The fourth-order valence-electron chi connectivity index (χ4n) is 1.82. The smallest absolute Gasteiger partial charge is 0.161 e. The molecule has 0 aliphatic heterocycles. The van der Waals surface area contributed by atoms with Crippen LogP contribution < -0.4 is 5.32 Å². The summed E-state index contributed by atoms with van der Waals surface area (Å²) in [6, 6.07) is 10.1. The number of nitrogens with one attached hydrogen (secondary N) is 1. The lowest BCUT2D eigenvalue weighted by atomic mass is 10.1. The Kier molecular flexibility index (Phi) is 4.47. The molecule has 2 rings (SSSR count). The van der Waals surface area contributed by atoms with E-state index in [9.17, 15) is 0 Å². The molecule has 0 fully saturated rings. The zero-order chi connectivity index (χ0) is 13.7. The number of anilines is 1. The predicted octanol–water partition coefficient (Wildman–Crippen LogP) is 3.03. The molecule has 0 saturated heterocycles. The van der Waals surface area contributed by atoms with E-state index in [1.807, 2.05) is 25.1 Å². The quantitative estimate of drug-likeness (QED) is 0.894. The van der Waals surface area contributed by atoms with Crippen LogP contribution in [0.25, 0.3) is 11.4 Å². The molecule has 0 aliphatic carbocycles. The minimum atomic E-state index is 0.486. The average molecular weight is 257 g/mol. The van der Waals surface area contributed by atoms with Crippen molar-refractivity contribution in [3.8, 4) is 11.4 Å². The van der Waals surface area contributed by atoms with Crippen molar-refractivity contribution in [3.63, 3.8) is 0 Å². The van der Waals surface area contributed by atoms with Crippen molar-refractivity contribution < 1.29 is 4.74 Å². The first kappa shape index (κ1) is 13.5. The second-order valence-electron chi connectivity index (χ2n) is 4.40. The normalized spacial score (nSPS) is 10.5. The number of hydrogen-bond acceptors (Lipinski definition) is 4. The first-order valence-corrected chi connectivity index (χ1v) is 6.40. The van der Waals surface area contributed by atoms with Crippen LogP contribution in [0.5, 0.6) is 0 Å². The van der Waals surface area contributed by atoms with Crippen molar-refractivity contribution in [2.24, 2.45) is 0 Å². The van der Waals surface area contributed by atoms with Crippen LogP contribution >= 0.6 is 0 Å². The van der Waals surface area contributed by atoms with Gasteiger partial charge in [0.05, 0.1) is 12.3 Å². The monoisotopic (exact) mass is 257 g/mol. The molecule has 1 aromatic heterocycles. The molecule has 1 N–H and O–H groups in total. The number of rotatable bonds is 5. The van der Waals surface area contributed by atoms with Crippen LogP contribution in [0.3, 0.4) is 0 Å². The van der Waals surface area contributed by atoms with Crippen LogP contribution in [-0.4, -0.2) is 23.6 Å². The first-order chi connectivity index (χ1) is 9.22. The Morgan fingerprint density at radius 1 is 1.16 bits per heavy atom.